The summed E-state index contributed by atoms with van der Waals surface area (Å²) in [5, 5.41) is 0. The van der Waals surface area contributed by atoms with Crippen molar-refractivity contribution in [2.75, 3.05) is 0 Å². The average molecular weight is 209 g/mol. The summed E-state index contributed by atoms with van der Waals surface area (Å²) >= 11 is 0. The van der Waals surface area contributed by atoms with Crippen LogP contribution in [0.1, 0.15) is 40.5 Å². The van der Waals surface area contributed by atoms with Crippen LogP contribution in [-0.2, 0) is 4.79 Å². The number of allylic oxidation sites excluding steroid dienone is 2. The Morgan fingerprint density at radius 2 is 2.00 bits per heavy atom. The first-order valence-corrected chi connectivity index (χ1v) is 5.88. The molecule has 0 aliphatic heterocycles. The molecule has 1 rings (SSSR count). The molecule has 0 aromatic heterocycles. The molecule has 2 N–H and O–H groups in total. The molecule has 0 aromatic carbocycles. The molecule has 0 radical (unpaired) electrons. The number of nitrogens with two attached hydrogens (primary N) is 1. The predicted molar refractivity (Wildman–Crippen MR) is 63.5 cm³/mol. The second-order valence-corrected chi connectivity index (χ2v) is 5.22. The molecule has 0 spiro atoms. The Hall–Kier alpha value is -0.630. The molecule has 1 aliphatic carbocycles. The summed E-state index contributed by atoms with van der Waals surface area (Å²) in [5.41, 5.74) is 8.24. The van der Waals surface area contributed by atoms with Gasteiger partial charge in [0.15, 0.2) is 0 Å². The van der Waals surface area contributed by atoms with Gasteiger partial charge in [-0.25, -0.2) is 0 Å². The van der Waals surface area contributed by atoms with Gasteiger partial charge in [0.25, 0.3) is 0 Å². The SMILES string of the molecule is C/C(=C(\C=O)C1CC(C)C(N)C1)C(C)C. The van der Waals surface area contributed by atoms with Crippen LogP contribution in [-0.4, -0.2) is 12.3 Å². The summed E-state index contributed by atoms with van der Waals surface area (Å²) in [6, 6.07) is 0.268. The largest absolute Gasteiger partial charge is 0.327 e. The van der Waals surface area contributed by atoms with Gasteiger partial charge in [0, 0.05) is 6.04 Å². The molecule has 0 bridgehead atoms. The number of carbonyl (C=O) groups is 1. The standard InChI is InChI=1S/C13H23NO/c1-8(2)10(4)12(7-15)11-5-9(3)13(14)6-11/h7-9,11,13H,5-6,14H2,1-4H3/b12-10-. The molecule has 0 saturated heterocycles. The lowest BCUT2D eigenvalue weighted by Crippen LogP contribution is -2.22. The number of hydrogen-bond acceptors (Lipinski definition) is 2. The molecule has 3 atom stereocenters. The van der Waals surface area contributed by atoms with E-state index in [4.69, 9.17) is 5.73 Å². The summed E-state index contributed by atoms with van der Waals surface area (Å²) in [6.45, 7) is 8.52. The Labute approximate surface area is 92.9 Å². The zero-order valence-electron chi connectivity index (χ0n) is 10.3. The van der Waals surface area contributed by atoms with Gasteiger partial charge in [0.2, 0.25) is 0 Å². The molecule has 0 amide bonds. The maximum Gasteiger partial charge on any atom is 0.146 e. The van der Waals surface area contributed by atoms with Crippen LogP contribution in [0.25, 0.3) is 0 Å². The third-order valence-electron chi connectivity index (χ3n) is 3.83. The second-order valence-electron chi connectivity index (χ2n) is 5.22. The van der Waals surface area contributed by atoms with Crippen molar-refractivity contribution in [3.05, 3.63) is 11.1 Å². The molecule has 0 heterocycles. The minimum Gasteiger partial charge on any atom is -0.327 e. The van der Waals surface area contributed by atoms with Gasteiger partial charge in [-0.05, 0) is 43.1 Å². The Morgan fingerprint density at radius 3 is 2.33 bits per heavy atom. The lowest BCUT2D eigenvalue weighted by atomic mass is 9.89. The van der Waals surface area contributed by atoms with Crippen molar-refractivity contribution in [3.8, 4) is 0 Å². The maximum atomic E-state index is 11.2. The average Bonchev–Trinajstić information content (AvgIpc) is 2.47. The summed E-state index contributed by atoms with van der Waals surface area (Å²) in [5.74, 6) is 1.40. The third kappa shape index (κ3) is 2.69. The monoisotopic (exact) mass is 209 g/mol. The van der Waals surface area contributed by atoms with E-state index in [9.17, 15) is 4.79 Å². The van der Waals surface area contributed by atoms with E-state index in [0.717, 1.165) is 24.7 Å². The van der Waals surface area contributed by atoms with Crippen molar-refractivity contribution >= 4 is 6.29 Å². The fraction of sp³-hybridized carbons (Fsp3) is 0.769. The van der Waals surface area contributed by atoms with Gasteiger partial charge in [0.1, 0.15) is 6.29 Å². The zero-order chi connectivity index (χ0) is 11.6. The molecule has 0 aromatic rings. The van der Waals surface area contributed by atoms with Crippen molar-refractivity contribution in [1.29, 1.82) is 0 Å². The van der Waals surface area contributed by atoms with Crippen LogP contribution in [0.3, 0.4) is 0 Å². The quantitative estimate of drug-likeness (QED) is 0.573. The van der Waals surface area contributed by atoms with Gasteiger partial charge in [-0.2, -0.15) is 0 Å². The Morgan fingerprint density at radius 1 is 1.40 bits per heavy atom. The molecule has 1 fully saturated rings. The second kappa shape index (κ2) is 4.93. The Bertz CT molecular complexity index is 258. The van der Waals surface area contributed by atoms with E-state index < -0.39 is 0 Å². The minimum atomic E-state index is 0.268. The van der Waals surface area contributed by atoms with Crippen molar-refractivity contribution in [2.24, 2.45) is 23.5 Å². The molecule has 2 heteroatoms. The van der Waals surface area contributed by atoms with Crippen LogP contribution >= 0.6 is 0 Å². The third-order valence-corrected chi connectivity index (χ3v) is 3.83. The fourth-order valence-corrected chi connectivity index (χ4v) is 2.38. The molecule has 3 unspecified atom stereocenters. The van der Waals surface area contributed by atoms with Crippen molar-refractivity contribution < 1.29 is 4.79 Å². The van der Waals surface area contributed by atoms with Crippen LogP contribution in [0, 0.1) is 17.8 Å². The summed E-state index contributed by atoms with van der Waals surface area (Å²) in [4.78, 5) is 11.2. The Balaban J connectivity index is 2.86. The lowest BCUT2D eigenvalue weighted by molar-refractivity contribution is -0.105. The van der Waals surface area contributed by atoms with Crippen LogP contribution in [0.4, 0.5) is 0 Å². The smallest absolute Gasteiger partial charge is 0.146 e. The molecule has 1 saturated carbocycles. The van der Waals surface area contributed by atoms with Crippen molar-refractivity contribution in [2.45, 2.75) is 46.6 Å². The minimum absolute atomic E-state index is 0.268. The van der Waals surface area contributed by atoms with E-state index in [0.29, 0.717) is 17.8 Å². The van der Waals surface area contributed by atoms with Crippen LogP contribution in [0.2, 0.25) is 0 Å². The maximum absolute atomic E-state index is 11.2. The summed E-state index contributed by atoms with van der Waals surface area (Å²) in [7, 11) is 0. The molecular formula is C13H23NO. The molecule has 86 valence electrons. The van der Waals surface area contributed by atoms with E-state index in [1.807, 2.05) is 0 Å². The van der Waals surface area contributed by atoms with Gasteiger partial charge < -0.3 is 5.73 Å². The topological polar surface area (TPSA) is 43.1 Å². The first-order valence-electron chi connectivity index (χ1n) is 5.88. The number of aldehydes is 1. The first kappa shape index (κ1) is 12.4. The fourth-order valence-electron chi connectivity index (χ4n) is 2.38. The van der Waals surface area contributed by atoms with Crippen molar-refractivity contribution in [3.63, 3.8) is 0 Å². The number of hydrogen-bond donors (Lipinski definition) is 1. The van der Waals surface area contributed by atoms with E-state index in [1.54, 1.807) is 0 Å². The Kier molecular flexibility index (Phi) is 4.09. The molecule has 1 aliphatic rings. The van der Waals surface area contributed by atoms with E-state index >= 15 is 0 Å². The van der Waals surface area contributed by atoms with Crippen molar-refractivity contribution in [1.82, 2.24) is 0 Å². The lowest BCUT2D eigenvalue weighted by Gasteiger charge is -2.15. The normalized spacial score (nSPS) is 33.1. The summed E-state index contributed by atoms with van der Waals surface area (Å²) < 4.78 is 0. The number of carbonyl (C=O) groups excluding carboxylic acids is 1. The molecule has 15 heavy (non-hydrogen) atoms. The van der Waals surface area contributed by atoms with Gasteiger partial charge in [-0.1, -0.05) is 26.3 Å². The number of rotatable bonds is 3. The van der Waals surface area contributed by atoms with Crippen LogP contribution in [0.5, 0.6) is 0 Å². The highest BCUT2D eigenvalue weighted by Gasteiger charge is 2.31. The van der Waals surface area contributed by atoms with Gasteiger partial charge in [0.05, 0.1) is 0 Å². The van der Waals surface area contributed by atoms with Crippen LogP contribution in [0.15, 0.2) is 11.1 Å². The first-order chi connectivity index (χ1) is 6.97. The molecule has 2 nitrogen and oxygen atoms in total. The van der Waals surface area contributed by atoms with Gasteiger partial charge in [-0.15, -0.1) is 0 Å². The highest BCUT2D eigenvalue weighted by Crippen LogP contribution is 2.36. The van der Waals surface area contributed by atoms with Gasteiger partial charge >= 0.3 is 0 Å². The molecular weight excluding hydrogens is 186 g/mol. The van der Waals surface area contributed by atoms with E-state index in [2.05, 4.69) is 27.7 Å². The highest BCUT2D eigenvalue weighted by atomic mass is 16.1. The zero-order valence-corrected chi connectivity index (χ0v) is 10.3. The van der Waals surface area contributed by atoms with E-state index in [1.165, 1.54) is 5.57 Å². The predicted octanol–water partition coefficient (Wildman–Crippen LogP) is 2.53. The van der Waals surface area contributed by atoms with Crippen LogP contribution < -0.4 is 5.73 Å². The van der Waals surface area contributed by atoms with Gasteiger partial charge in [-0.3, -0.25) is 4.79 Å². The van der Waals surface area contributed by atoms with E-state index in [-0.39, 0.29) is 6.04 Å². The highest BCUT2D eigenvalue weighted by molar-refractivity contribution is 5.75. The summed E-state index contributed by atoms with van der Waals surface area (Å²) in [6.07, 6.45) is 3.09.